The third-order valence-corrected chi connectivity index (χ3v) is 4.07. The lowest BCUT2D eigenvalue weighted by atomic mass is 10.3. The zero-order valence-electron chi connectivity index (χ0n) is 7.81. The maximum atomic E-state index is 5.50. The van der Waals surface area contributed by atoms with Crippen LogP contribution in [0.25, 0.3) is 10.2 Å². The summed E-state index contributed by atoms with van der Waals surface area (Å²) >= 11 is 3.98. The number of anilines is 1. The fourth-order valence-electron chi connectivity index (χ4n) is 1.63. The van der Waals surface area contributed by atoms with Crippen LogP contribution >= 0.6 is 33.9 Å². The summed E-state index contributed by atoms with van der Waals surface area (Å²) in [6.45, 7) is 1.70. The van der Waals surface area contributed by atoms with Gasteiger partial charge >= 0.3 is 0 Å². The van der Waals surface area contributed by atoms with E-state index in [0.29, 0.717) is 0 Å². The van der Waals surface area contributed by atoms with Crippen LogP contribution in [-0.4, -0.2) is 23.1 Å². The Bertz CT molecular complexity index is 495. The molecule has 1 aliphatic rings. The number of hydrogen-bond acceptors (Lipinski definition) is 5. The Labute approximate surface area is 104 Å². The number of nitrogens with zero attached hydrogens (tertiary/aromatic N) is 3. The molecule has 0 bridgehead atoms. The van der Waals surface area contributed by atoms with Gasteiger partial charge in [0.25, 0.3) is 0 Å². The Morgan fingerprint density at radius 2 is 2.40 bits per heavy atom. The van der Waals surface area contributed by atoms with E-state index >= 15 is 0 Å². The smallest absolute Gasteiger partial charge is 0.164 e. The molecule has 0 saturated carbocycles. The molecule has 0 unspecified atom stereocenters. The summed E-state index contributed by atoms with van der Waals surface area (Å²) in [5, 5.41) is 2.96. The number of thiophene rings is 1. The van der Waals surface area contributed by atoms with E-state index in [1.165, 1.54) is 2.88 Å². The Morgan fingerprint density at radius 1 is 1.47 bits per heavy atom. The predicted octanol–water partition coefficient (Wildman–Crippen LogP) is 2.44. The molecule has 1 fully saturated rings. The molecule has 1 saturated heterocycles. The van der Waals surface area contributed by atoms with Crippen molar-refractivity contribution < 1.29 is 4.84 Å². The average molecular weight is 333 g/mol. The van der Waals surface area contributed by atoms with E-state index in [1.54, 1.807) is 17.7 Å². The summed E-state index contributed by atoms with van der Waals surface area (Å²) in [5.41, 5.74) is 0. The van der Waals surface area contributed by atoms with E-state index in [-0.39, 0.29) is 0 Å². The van der Waals surface area contributed by atoms with Crippen molar-refractivity contribution in [3.05, 3.63) is 15.3 Å². The molecular weight excluding hydrogens is 325 g/mol. The second-order valence-corrected chi connectivity index (χ2v) is 6.18. The molecule has 3 heterocycles. The highest BCUT2D eigenvalue weighted by atomic mass is 127. The van der Waals surface area contributed by atoms with Crippen LogP contribution in [0, 0.1) is 2.88 Å². The van der Waals surface area contributed by atoms with Gasteiger partial charge in [-0.15, -0.1) is 11.3 Å². The van der Waals surface area contributed by atoms with Gasteiger partial charge in [-0.25, -0.2) is 15.0 Å². The minimum Gasteiger partial charge on any atom is -0.272 e. The zero-order chi connectivity index (χ0) is 10.3. The lowest BCUT2D eigenvalue weighted by Gasteiger charge is -2.14. The van der Waals surface area contributed by atoms with E-state index in [0.717, 1.165) is 35.6 Å². The lowest BCUT2D eigenvalue weighted by molar-refractivity contribution is 0.167. The van der Waals surface area contributed by atoms with Gasteiger partial charge in [-0.2, -0.15) is 0 Å². The highest BCUT2D eigenvalue weighted by Crippen LogP contribution is 2.31. The summed E-state index contributed by atoms with van der Waals surface area (Å²) in [4.78, 5) is 15.1. The number of hydroxylamine groups is 1. The SMILES string of the molecule is Ic1cc2c(N3CCCO3)ncnc2s1. The van der Waals surface area contributed by atoms with Crippen LogP contribution in [0.3, 0.4) is 0 Å². The third kappa shape index (κ3) is 1.70. The predicted molar refractivity (Wildman–Crippen MR) is 68.0 cm³/mol. The van der Waals surface area contributed by atoms with E-state index in [4.69, 9.17) is 4.84 Å². The molecule has 0 aromatic carbocycles. The number of fused-ring (bicyclic) bond motifs is 1. The van der Waals surface area contributed by atoms with Crippen LogP contribution in [0.5, 0.6) is 0 Å². The maximum Gasteiger partial charge on any atom is 0.164 e. The fraction of sp³-hybridized carbons (Fsp3) is 0.333. The van der Waals surface area contributed by atoms with Gasteiger partial charge in [0.15, 0.2) is 5.82 Å². The fourth-order valence-corrected chi connectivity index (χ4v) is 3.29. The van der Waals surface area contributed by atoms with Crippen LogP contribution in [0.1, 0.15) is 6.42 Å². The first-order valence-corrected chi connectivity index (χ1v) is 6.54. The van der Waals surface area contributed by atoms with Gasteiger partial charge in [0.05, 0.1) is 14.9 Å². The molecule has 0 N–H and O–H groups in total. The van der Waals surface area contributed by atoms with Gasteiger partial charge < -0.3 is 0 Å². The number of aromatic nitrogens is 2. The van der Waals surface area contributed by atoms with Crippen molar-refractivity contribution in [2.24, 2.45) is 0 Å². The largest absolute Gasteiger partial charge is 0.272 e. The Morgan fingerprint density at radius 3 is 3.20 bits per heavy atom. The van der Waals surface area contributed by atoms with Crippen molar-refractivity contribution in [1.82, 2.24) is 9.97 Å². The van der Waals surface area contributed by atoms with E-state index < -0.39 is 0 Å². The summed E-state index contributed by atoms with van der Waals surface area (Å²) in [7, 11) is 0. The van der Waals surface area contributed by atoms with Gasteiger partial charge in [0, 0.05) is 6.54 Å². The average Bonchev–Trinajstić information content (AvgIpc) is 2.82. The number of halogens is 1. The van der Waals surface area contributed by atoms with E-state index in [9.17, 15) is 0 Å². The molecule has 6 heteroatoms. The third-order valence-electron chi connectivity index (χ3n) is 2.27. The van der Waals surface area contributed by atoms with Crippen LogP contribution in [-0.2, 0) is 4.84 Å². The molecule has 3 rings (SSSR count). The maximum absolute atomic E-state index is 5.50. The first kappa shape index (κ1) is 9.73. The van der Waals surface area contributed by atoms with Crippen LogP contribution in [0.2, 0.25) is 0 Å². The Kier molecular flexibility index (Phi) is 2.49. The van der Waals surface area contributed by atoms with Gasteiger partial charge in [-0.3, -0.25) is 4.84 Å². The first-order chi connectivity index (χ1) is 7.34. The molecule has 1 aliphatic heterocycles. The molecule has 2 aromatic rings. The molecule has 2 aromatic heterocycles. The summed E-state index contributed by atoms with van der Waals surface area (Å²) in [6, 6.07) is 2.11. The highest BCUT2D eigenvalue weighted by Gasteiger charge is 2.18. The van der Waals surface area contributed by atoms with Crippen molar-refractivity contribution >= 4 is 50.0 Å². The Hall–Kier alpha value is -0.470. The summed E-state index contributed by atoms with van der Waals surface area (Å²) in [5.74, 6) is 0.900. The summed E-state index contributed by atoms with van der Waals surface area (Å²) in [6.07, 6.45) is 2.67. The minimum absolute atomic E-state index is 0.784. The van der Waals surface area contributed by atoms with E-state index in [2.05, 4.69) is 38.6 Å². The molecule has 0 amide bonds. The minimum atomic E-state index is 0.784. The van der Waals surface area contributed by atoms with Gasteiger partial charge in [-0.1, -0.05) is 0 Å². The van der Waals surface area contributed by atoms with Crippen molar-refractivity contribution in [3.8, 4) is 0 Å². The van der Waals surface area contributed by atoms with Crippen molar-refractivity contribution in [2.45, 2.75) is 6.42 Å². The van der Waals surface area contributed by atoms with Crippen LogP contribution in [0.4, 0.5) is 5.82 Å². The second kappa shape index (κ2) is 3.84. The van der Waals surface area contributed by atoms with Crippen molar-refractivity contribution in [1.29, 1.82) is 0 Å². The molecule has 0 radical (unpaired) electrons. The topological polar surface area (TPSA) is 38.2 Å². The van der Waals surface area contributed by atoms with Gasteiger partial charge in [0.2, 0.25) is 0 Å². The molecule has 0 atom stereocenters. The standard InChI is InChI=1S/C9H8IN3OS/c10-7-4-6-8(13-2-1-3-14-13)11-5-12-9(6)15-7/h4-5H,1-3H2. The molecule has 4 nitrogen and oxygen atoms in total. The quantitative estimate of drug-likeness (QED) is 0.752. The Balaban J connectivity index is 2.16. The van der Waals surface area contributed by atoms with Gasteiger partial charge in [0.1, 0.15) is 11.2 Å². The van der Waals surface area contributed by atoms with Crippen molar-refractivity contribution in [2.75, 3.05) is 18.2 Å². The summed E-state index contributed by atoms with van der Waals surface area (Å²) < 4.78 is 1.23. The second-order valence-electron chi connectivity index (χ2n) is 3.26. The number of rotatable bonds is 1. The molecule has 15 heavy (non-hydrogen) atoms. The molecule has 78 valence electrons. The van der Waals surface area contributed by atoms with Crippen LogP contribution < -0.4 is 5.06 Å². The van der Waals surface area contributed by atoms with Gasteiger partial charge in [-0.05, 0) is 35.1 Å². The van der Waals surface area contributed by atoms with Crippen molar-refractivity contribution in [3.63, 3.8) is 0 Å². The first-order valence-electron chi connectivity index (χ1n) is 4.65. The van der Waals surface area contributed by atoms with E-state index in [1.807, 2.05) is 5.06 Å². The lowest BCUT2D eigenvalue weighted by Crippen LogP contribution is -2.17. The highest BCUT2D eigenvalue weighted by molar-refractivity contribution is 14.1. The number of hydrogen-bond donors (Lipinski definition) is 0. The zero-order valence-corrected chi connectivity index (χ0v) is 10.8. The molecular formula is C9H8IN3OS. The molecule has 0 aliphatic carbocycles. The normalized spacial score (nSPS) is 16.5. The van der Waals surface area contributed by atoms with Crippen LogP contribution in [0.15, 0.2) is 12.4 Å². The monoisotopic (exact) mass is 333 g/mol. The molecule has 0 spiro atoms.